The van der Waals surface area contributed by atoms with Crippen molar-refractivity contribution in [1.29, 1.82) is 0 Å². The Morgan fingerprint density at radius 1 is 1.04 bits per heavy atom. The van der Waals surface area contributed by atoms with Crippen LogP contribution in [0.5, 0.6) is 11.5 Å². The summed E-state index contributed by atoms with van der Waals surface area (Å²) in [4.78, 5) is 0. The third-order valence-corrected chi connectivity index (χ3v) is 3.67. The molecule has 2 aromatic carbocycles. The molecule has 0 spiro atoms. The van der Waals surface area contributed by atoms with Crippen molar-refractivity contribution < 1.29 is 13.9 Å². The Morgan fingerprint density at radius 3 is 2.54 bits per heavy atom. The van der Waals surface area contributed by atoms with Crippen molar-refractivity contribution >= 4 is 17.6 Å². The topological polar surface area (TPSA) is 69.4 Å². The predicted molar refractivity (Wildman–Crippen MR) is 91.6 cm³/mol. The van der Waals surface area contributed by atoms with Crippen molar-refractivity contribution in [3.63, 3.8) is 0 Å². The summed E-state index contributed by atoms with van der Waals surface area (Å²) < 4.78 is 16.3. The van der Waals surface area contributed by atoms with Gasteiger partial charge in [0.1, 0.15) is 0 Å². The summed E-state index contributed by atoms with van der Waals surface area (Å²) >= 11 is 5.87. The van der Waals surface area contributed by atoms with E-state index in [4.69, 9.17) is 25.5 Å². The van der Waals surface area contributed by atoms with Crippen LogP contribution in [0.1, 0.15) is 5.56 Å². The Labute approximate surface area is 144 Å². The zero-order valence-electron chi connectivity index (χ0n) is 13.2. The molecule has 0 saturated heterocycles. The number of benzene rings is 2. The molecular weight excluding hydrogens is 330 g/mol. The smallest absolute Gasteiger partial charge is 0.316 e. The molecule has 7 heteroatoms. The molecule has 0 bridgehead atoms. The molecule has 0 radical (unpaired) electrons. The quantitative estimate of drug-likeness (QED) is 0.727. The van der Waals surface area contributed by atoms with Gasteiger partial charge in [-0.05, 0) is 29.8 Å². The first kappa shape index (κ1) is 16.1. The molecule has 0 aliphatic carbocycles. The van der Waals surface area contributed by atoms with Crippen molar-refractivity contribution in [2.45, 2.75) is 6.54 Å². The van der Waals surface area contributed by atoms with Gasteiger partial charge in [0.2, 0.25) is 0 Å². The van der Waals surface area contributed by atoms with E-state index < -0.39 is 0 Å². The SMILES string of the molecule is COc1cccc(-c2nnc(NCc3ccc(Cl)cc3)o2)c1OC. The van der Waals surface area contributed by atoms with Crippen molar-refractivity contribution in [3.05, 3.63) is 53.1 Å². The number of hydrogen-bond donors (Lipinski definition) is 1. The number of ether oxygens (including phenoxy) is 2. The second kappa shape index (κ2) is 7.23. The summed E-state index contributed by atoms with van der Waals surface area (Å²) in [5.74, 6) is 1.50. The lowest BCUT2D eigenvalue weighted by Gasteiger charge is -2.09. The molecule has 124 valence electrons. The van der Waals surface area contributed by atoms with Gasteiger partial charge in [-0.15, -0.1) is 5.10 Å². The molecular formula is C17H16ClN3O3. The fraction of sp³-hybridized carbons (Fsp3) is 0.176. The van der Waals surface area contributed by atoms with Crippen LogP contribution >= 0.6 is 11.6 Å². The van der Waals surface area contributed by atoms with Gasteiger partial charge in [-0.25, -0.2) is 0 Å². The molecule has 0 aliphatic rings. The minimum absolute atomic E-state index is 0.324. The molecule has 0 aliphatic heterocycles. The number of nitrogens with one attached hydrogen (secondary N) is 1. The highest BCUT2D eigenvalue weighted by Crippen LogP contribution is 2.37. The van der Waals surface area contributed by atoms with Gasteiger partial charge in [0.15, 0.2) is 11.5 Å². The van der Waals surface area contributed by atoms with Crippen LogP contribution in [0.2, 0.25) is 5.02 Å². The zero-order valence-corrected chi connectivity index (χ0v) is 14.0. The summed E-state index contributed by atoms with van der Waals surface area (Å²) in [5.41, 5.74) is 1.72. The van der Waals surface area contributed by atoms with E-state index in [9.17, 15) is 0 Å². The standard InChI is InChI=1S/C17H16ClN3O3/c1-22-14-5-3-4-13(15(14)23-2)16-20-21-17(24-16)19-10-11-6-8-12(18)9-7-11/h3-9H,10H2,1-2H3,(H,19,21). The number of para-hydroxylation sites is 1. The molecule has 1 N–H and O–H groups in total. The highest BCUT2D eigenvalue weighted by molar-refractivity contribution is 6.30. The fourth-order valence-electron chi connectivity index (χ4n) is 2.24. The minimum atomic E-state index is 0.324. The lowest BCUT2D eigenvalue weighted by atomic mass is 10.2. The van der Waals surface area contributed by atoms with Crippen molar-refractivity contribution in [2.75, 3.05) is 19.5 Å². The van der Waals surface area contributed by atoms with Crippen LogP contribution in [0.15, 0.2) is 46.9 Å². The maximum Gasteiger partial charge on any atom is 0.316 e. The van der Waals surface area contributed by atoms with E-state index in [0.717, 1.165) is 5.56 Å². The van der Waals surface area contributed by atoms with Crippen molar-refractivity contribution in [1.82, 2.24) is 10.2 Å². The van der Waals surface area contributed by atoms with Gasteiger partial charge in [-0.3, -0.25) is 0 Å². The molecule has 24 heavy (non-hydrogen) atoms. The van der Waals surface area contributed by atoms with Crippen LogP contribution in [0.4, 0.5) is 6.01 Å². The van der Waals surface area contributed by atoms with Gasteiger partial charge in [-0.2, -0.15) is 0 Å². The van der Waals surface area contributed by atoms with E-state index in [1.54, 1.807) is 20.3 Å². The third-order valence-electron chi connectivity index (χ3n) is 3.42. The van der Waals surface area contributed by atoms with Crippen LogP contribution in [0.25, 0.3) is 11.5 Å². The van der Waals surface area contributed by atoms with Crippen molar-refractivity contribution in [2.24, 2.45) is 0 Å². The van der Waals surface area contributed by atoms with E-state index in [0.29, 0.717) is 40.5 Å². The highest BCUT2D eigenvalue weighted by Gasteiger charge is 2.16. The molecule has 3 aromatic rings. The molecule has 0 unspecified atom stereocenters. The van der Waals surface area contributed by atoms with E-state index in [1.807, 2.05) is 36.4 Å². The largest absolute Gasteiger partial charge is 0.493 e. The van der Waals surface area contributed by atoms with Crippen LogP contribution in [0, 0.1) is 0 Å². The van der Waals surface area contributed by atoms with Gasteiger partial charge in [0, 0.05) is 11.6 Å². The summed E-state index contributed by atoms with van der Waals surface area (Å²) in [6.07, 6.45) is 0. The first-order chi connectivity index (χ1) is 11.7. The Kier molecular flexibility index (Phi) is 4.86. The van der Waals surface area contributed by atoms with E-state index in [2.05, 4.69) is 15.5 Å². The van der Waals surface area contributed by atoms with E-state index in [-0.39, 0.29) is 0 Å². The molecule has 0 fully saturated rings. The Balaban J connectivity index is 1.77. The van der Waals surface area contributed by atoms with Crippen molar-refractivity contribution in [3.8, 4) is 23.0 Å². The van der Waals surface area contributed by atoms with Crippen LogP contribution < -0.4 is 14.8 Å². The second-order valence-electron chi connectivity index (χ2n) is 4.93. The molecule has 1 heterocycles. The van der Waals surface area contributed by atoms with E-state index >= 15 is 0 Å². The van der Waals surface area contributed by atoms with E-state index in [1.165, 1.54) is 0 Å². The average molecular weight is 346 g/mol. The molecule has 0 saturated carbocycles. The maximum atomic E-state index is 5.87. The lowest BCUT2D eigenvalue weighted by molar-refractivity contribution is 0.355. The number of aromatic nitrogens is 2. The summed E-state index contributed by atoms with van der Waals surface area (Å²) in [6, 6.07) is 13.3. The number of hydrogen-bond acceptors (Lipinski definition) is 6. The van der Waals surface area contributed by atoms with Crippen LogP contribution in [-0.4, -0.2) is 24.4 Å². The van der Waals surface area contributed by atoms with Crippen LogP contribution in [0.3, 0.4) is 0 Å². The normalized spacial score (nSPS) is 10.5. The van der Waals surface area contributed by atoms with Crippen LogP contribution in [-0.2, 0) is 6.54 Å². The zero-order chi connectivity index (χ0) is 16.9. The molecule has 0 atom stereocenters. The summed E-state index contributed by atoms with van der Waals surface area (Å²) in [5, 5.41) is 11.8. The first-order valence-electron chi connectivity index (χ1n) is 7.24. The number of rotatable bonds is 6. The number of nitrogens with zero attached hydrogens (tertiary/aromatic N) is 2. The number of anilines is 1. The summed E-state index contributed by atoms with van der Waals surface area (Å²) in [7, 11) is 3.14. The number of methoxy groups -OCH3 is 2. The second-order valence-corrected chi connectivity index (χ2v) is 5.37. The molecule has 1 aromatic heterocycles. The third kappa shape index (κ3) is 3.44. The first-order valence-corrected chi connectivity index (χ1v) is 7.62. The Bertz CT molecular complexity index is 818. The fourth-order valence-corrected chi connectivity index (χ4v) is 2.36. The van der Waals surface area contributed by atoms with Gasteiger partial charge in [-0.1, -0.05) is 34.9 Å². The number of halogens is 1. The Hall–Kier alpha value is -2.73. The lowest BCUT2D eigenvalue weighted by Crippen LogP contribution is -1.99. The molecule has 6 nitrogen and oxygen atoms in total. The van der Waals surface area contributed by atoms with Gasteiger partial charge in [0.25, 0.3) is 5.89 Å². The maximum absolute atomic E-state index is 5.87. The van der Waals surface area contributed by atoms with Gasteiger partial charge >= 0.3 is 6.01 Å². The molecule has 3 rings (SSSR count). The predicted octanol–water partition coefficient (Wildman–Crippen LogP) is 4.02. The molecule has 0 amide bonds. The minimum Gasteiger partial charge on any atom is -0.493 e. The van der Waals surface area contributed by atoms with Gasteiger partial charge < -0.3 is 19.2 Å². The van der Waals surface area contributed by atoms with Gasteiger partial charge in [0.05, 0.1) is 19.8 Å². The monoisotopic (exact) mass is 345 g/mol. The average Bonchev–Trinajstić information content (AvgIpc) is 3.09. The Morgan fingerprint density at radius 2 is 1.83 bits per heavy atom. The highest BCUT2D eigenvalue weighted by atomic mass is 35.5. The summed E-state index contributed by atoms with van der Waals surface area (Å²) in [6.45, 7) is 0.550.